The van der Waals surface area contributed by atoms with E-state index in [1.807, 2.05) is 44.2 Å². The van der Waals surface area contributed by atoms with Crippen molar-refractivity contribution in [3.05, 3.63) is 41.9 Å². The van der Waals surface area contributed by atoms with Crippen LogP contribution in [0.25, 0.3) is 22.6 Å². The standard InChI is InChI=1S/C13H11N7/c1-8-11-12(18-19-9(2)15-16-13(19)14-11)20(17-8)10-6-4-3-5-7-10/h3-7H,1-2H3. The van der Waals surface area contributed by atoms with E-state index in [0.29, 0.717) is 17.2 Å². The molecule has 3 heterocycles. The Balaban J connectivity index is 2.11. The molecule has 0 amide bonds. The van der Waals surface area contributed by atoms with Crippen molar-refractivity contribution in [1.29, 1.82) is 0 Å². The number of hydrogen-bond donors (Lipinski definition) is 0. The topological polar surface area (TPSA) is 73.8 Å². The minimum Gasteiger partial charge on any atom is -0.211 e. The van der Waals surface area contributed by atoms with Gasteiger partial charge in [0, 0.05) is 0 Å². The molecule has 0 fully saturated rings. The SMILES string of the molecule is Cc1nn(-c2ccccc2)c2nn3c(C)nnc3nc12. The number of aromatic nitrogens is 7. The Morgan fingerprint density at radius 1 is 0.950 bits per heavy atom. The third kappa shape index (κ3) is 1.43. The second-order valence-corrected chi connectivity index (χ2v) is 4.58. The maximum Gasteiger partial charge on any atom is 0.272 e. The van der Waals surface area contributed by atoms with Crippen LogP contribution in [-0.4, -0.2) is 34.6 Å². The van der Waals surface area contributed by atoms with Gasteiger partial charge in [0.1, 0.15) is 5.52 Å². The van der Waals surface area contributed by atoms with E-state index in [1.165, 1.54) is 0 Å². The smallest absolute Gasteiger partial charge is 0.211 e. The summed E-state index contributed by atoms with van der Waals surface area (Å²) in [5.74, 6) is 1.19. The minimum atomic E-state index is 0.491. The van der Waals surface area contributed by atoms with Gasteiger partial charge in [0.25, 0.3) is 5.78 Å². The van der Waals surface area contributed by atoms with E-state index in [4.69, 9.17) is 0 Å². The highest BCUT2D eigenvalue weighted by molar-refractivity contribution is 5.76. The normalized spacial score (nSPS) is 11.5. The number of nitrogens with zero attached hydrogens (tertiary/aromatic N) is 7. The molecule has 4 aromatic rings. The lowest BCUT2D eigenvalue weighted by Crippen LogP contribution is -2.02. The van der Waals surface area contributed by atoms with Gasteiger partial charge in [-0.1, -0.05) is 18.2 Å². The third-order valence-corrected chi connectivity index (χ3v) is 3.19. The zero-order valence-corrected chi connectivity index (χ0v) is 11.0. The first kappa shape index (κ1) is 11.0. The van der Waals surface area contributed by atoms with Crippen LogP contribution in [0.15, 0.2) is 30.3 Å². The average molecular weight is 265 g/mol. The third-order valence-electron chi connectivity index (χ3n) is 3.19. The van der Waals surface area contributed by atoms with Crippen molar-refractivity contribution in [2.24, 2.45) is 0 Å². The highest BCUT2D eigenvalue weighted by Gasteiger charge is 2.15. The zero-order valence-electron chi connectivity index (χ0n) is 11.0. The maximum atomic E-state index is 4.56. The molecule has 0 N–H and O–H groups in total. The van der Waals surface area contributed by atoms with E-state index in [1.54, 1.807) is 9.20 Å². The summed E-state index contributed by atoms with van der Waals surface area (Å²) in [5, 5.41) is 17.1. The molecule has 7 heteroatoms. The Hall–Kier alpha value is -2.83. The van der Waals surface area contributed by atoms with Gasteiger partial charge in [0.2, 0.25) is 5.65 Å². The Morgan fingerprint density at radius 2 is 1.75 bits per heavy atom. The first-order valence-corrected chi connectivity index (χ1v) is 6.25. The zero-order chi connectivity index (χ0) is 13.7. The summed E-state index contributed by atoms with van der Waals surface area (Å²) in [5.41, 5.74) is 3.21. The Morgan fingerprint density at radius 3 is 2.55 bits per heavy atom. The fraction of sp³-hybridized carbons (Fsp3) is 0.154. The van der Waals surface area contributed by atoms with Crippen LogP contribution >= 0.6 is 0 Å². The molecule has 0 bridgehead atoms. The predicted octanol–water partition coefficient (Wildman–Crippen LogP) is 1.48. The van der Waals surface area contributed by atoms with Gasteiger partial charge < -0.3 is 0 Å². The average Bonchev–Trinajstić information content (AvgIpc) is 3.00. The van der Waals surface area contributed by atoms with Gasteiger partial charge in [0.05, 0.1) is 11.4 Å². The number of para-hydroxylation sites is 1. The quantitative estimate of drug-likeness (QED) is 0.521. The van der Waals surface area contributed by atoms with Crippen LogP contribution in [0.4, 0.5) is 0 Å². The Labute approximate surface area is 113 Å². The molecule has 0 aliphatic heterocycles. The van der Waals surface area contributed by atoms with E-state index in [2.05, 4.69) is 25.4 Å². The van der Waals surface area contributed by atoms with Gasteiger partial charge in [-0.05, 0) is 26.0 Å². The summed E-state index contributed by atoms with van der Waals surface area (Å²) in [6.07, 6.45) is 0. The number of fused-ring (bicyclic) bond motifs is 2. The van der Waals surface area contributed by atoms with Gasteiger partial charge in [-0.3, -0.25) is 0 Å². The molecule has 0 aliphatic rings. The van der Waals surface area contributed by atoms with Crippen molar-refractivity contribution in [2.45, 2.75) is 13.8 Å². The summed E-state index contributed by atoms with van der Waals surface area (Å²) < 4.78 is 3.42. The molecule has 0 spiro atoms. The first-order valence-electron chi connectivity index (χ1n) is 6.25. The molecular formula is C13H11N7. The van der Waals surface area contributed by atoms with Crippen LogP contribution in [0.2, 0.25) is 0 Å². The predicted molar refractivity (Wildman–Crippen MR) is 72.7 cm³/mol. The van der Waals surface area contributed by atoms with Crippen molar-refractivity contribution in [3.8, 4) is 5.69 Å². The largest absolute Gasteiger partial charge is 0.272 e. The molecule has 0 saturated heterocycles. The molecule has 20 heavy (non-hydrogen) atoms. The number of aryl methyl sites for hydroxylation is 2. The highest BCUT2D eigenvalue weighted by Crippen LogP contribution is 2.18. The van der Waals surface area contributed by atoms with Crippen molar-refractivity contribution in [2.75, 3.05) is 0 Å². The van der Waals surface area contributed by atoms with E-state index >= 15 is 0 Å². The van der Waals surface area contributed by atoms with Crippen molar-refractivity contribution < 1.29 is 0 Å². The molecule has 3 aromatic heterocycles. The van der Waals surface area contributed by atoms with Crippen molar-refractivity contribution in [1.82, 2.24) is 34.6 Å². The summed E-state index contributed by atoms with van der Waals surface area (Å²) in [6.45, 7) is 3.76. The molecule has 1 aromatic carbocycles. The van der Waals surface area contributed by atoms with Crippen LogP contribution in [0.1, 0.15) is 11.5 Å². The van der Waals surface area contributed by atoms with E-state index in [-0.39, 0.29) is 0 Å². The van der Waals surface area contributed by atoms with Crippen LogP contribution in [0, 0.1) is 13.8 Å². The molecule has 0 atom stereocenters. The second-order valence-electron chi connectivity index (χ2n) is 4.58. The van der Waals surface area contributed by atoms with Crippen molar-refractivity contribution in [3.63, 3.8) is 0 Å². The van der Waals surface area contributed by atoms with Gasteiger partial charge in [-0.25, -0.2) is 9.67 Å². The summed E-state index contributed by atoms with van der Waals surface area (Å²) in [6, 6.07) is 9.87. The maximum absolute atomic E-state index is 4.56. The Kier molecular flexibility index (Phi) is 2.11. The summed E-state index contributed by atoms with van der Waals surface area (Å²) in [4.78, 5) is 4.49. The number of rotatable bonds is 1. The first-order chi connectivity index (χ1) is 9.74. The number of hydrogen-bond acceptors (Lipinski definition) is 5. The number of benzene rings is 1. The van der Waals surface area contributed by atoms with E-state index in [9.17, 15) is 0 Å². The lowest BCUT2D eigenvalue weighted by atomic mass is 10.3. The molecule has 0 radical (unpaired) electrons. The Bertz CT molecular complexity index is 920. The molecule has 7 nitrogen and oxygen atoms in total. The lowest BCUT2D eigenvalue weighted by molar-refractivity contribution is 0.829. The van der Waals surface area contributed by atoms with Crippen LogP contribution < -0.4 is 0 Å². The molecule has 4 rings (SSSR count). The highest BCUT2D eigenvalue weighted by atomic mass is 15.4. The summed E-state index contributed by atoms with van der Waals surface area (Å²) >= 11 is 0. The second kappa shape index (κ2) is 3.83. The van der Waals surface area contributed by atoms with Crippen LogP contribution in [0.5, 0.6) is 0 Å². The molecule has 0 unspecified atom stereocenters. The van der Waals surface area contributed by atoms with Gasteiger partial charge in [-0.2, -0.15) is 9.61 Å². The fourth-order valence-electron chi connectivity index (χ4n) is 2.20. The van der Waals surface area contributed by atoms with Crippen molar-refractivity contribution >= 4 is 16.9 Å². The fourth-order valence-corrected chi connectivity index (χ4v) is 2.20. The van der Waals surface area contributed by atoms with E-state index in [0.717, 1.165) is 16.9 Å². The molecular weight excluding hydrogens is 254 g/mol. The van der Waals surface area contributed by atoms with Gasteiger partial charge >= 0.3 is 0 Å². The minimum absolute atomic E-state index is 0.491. The van der Waals surface area contributed by atoms with E-state index < -0.39 is 0 Å². The van der Waals surface area contributed by atoms with Gasteiger partial charge in [-0.15, -0.1) is 15.3 Å². The monoisotopic (exact) mass is 265 g/mol. The lowest BCUT2D eigenvalue weighted by Gasteiger charge is -2.01. The summed E-state index contributed by atoms with van der Waals surface area (Å²) in [7, 11) is 0. The van der Waals surface area contributed by atoms with Gasteiger partial charge in [0.15, 0.2) is 5.82 Å². The molecule has 98 valence electrons. The molecule has 0 saturated carbocycles. The molecule has 0 aliphatic carbocycles. The van der Waals surface area contributed by atoms with Crippen LogP contribution in [-0.2, 0) is 0 Å². The van der Waals surface area contributed by atoms with Crippen LogP contribution in [0.3, 0.4) is 0 Å².